The molecule has 4 nitrogen and oxygen atoms in total. The number of aromatic nitrogens is 3. The molecule has 1 N–H and O–H groups in total. The zero-order chi connectivity index (χ0) is 12.3. The van der Waals surface area contributed by atoms with Crippen molar-refractivity contribution in [2.45, 2.75) is 32.2 Å². The van der Waals surface area contributed by atoms with Crippen molar-refractivity contribution in [1.82, 2.24) is 19.9 Å². The van der Waals surface area contributed by atoms with E-state index in [1.807, 2.05) is 18.8 Å². The molecule has 92 valence electrons. The van der Waals surface area contributed by atoms with Gasteiger partial charge in [0.15, 0.2) is 0 Å². The van der Waals surface area contributed by atoms with Gasteiger partial charge in [-0.2, -0.15) is 0 Å². The molecule has 0 fully saturated rings. The quantitative estimate of drug-likeness (QED) is 0.905. The Morgan fingerprint density at radius 3 is 2.82 bits per heavy atom. The van der Waals surface area contributed by atoms with Crippen LogP contribution in [0.25, 0.3) is 0 Å². The summed E-state index contributed by atoms with van der Waals surface area (Å²) >= 11 is 3.18. The number of nitrogens with zero attached hydrogens (tertiary/aromatic N) is 3. The first-order chi connectivity index (χ1) is 8.22. The van der Waals surface area contributed by atoms with Crippen LogP contribution in [0.15, 0.2) is 11.7 Å². The van der Waals surface area contributed by atoms with E-state index in [9.17, 15) is 0 Å². The Labute approximate surface area is 109 Å². The lowest BCUT2D eigenvalue weighted by Gasteiger charge is -2.15. The van der Waals surface area contributed by atoms with Crippen LogP contribution < -0.4 is 5.32 Å². The second kappa shape index (κ2) is 5.66. The van der Waals surface area contributed by atoms with Crippen molar-refractivity contribution in [2.24, 2.45) is 0 Å². The summed E-state index contributed by atoms with van der Waals surface area (Å²) in [6.07, 6.45) is 2.88. The fraction of sp³-hybridized carbons (Fsp3) is 0.545. The molecule has 0 amide bonds. The molecule has 0 saturated heterocycles. The van der Waals surface area contributed by atoms with Crippen LogP contribution in [0, 0.1) is 0 Å². The van der Waals surface area contributed by atoms with Gasteiger partial charge >= 0.3 is 0 Å². The SMILES string of the molecule is CNC(Cc1cncs1)c1snnc1C(C)C. The second-order valence-corrected chi connectivity index (χ2v) is 5.95. The van der Waals surface area contributed by atoms with Gasteiger partial charge in [0.1, 0.15) is 0 Å². The minimum Gasteiger partial charge on any atom is -0.312 e. The average molecular weight is 268 g/mol. The minimum absolute atomic E-state index is 0.285. The van der Waals surface area contributed by atoms with Gasteiger partial charge < -0.3 is 5.32 Å². The van der Waals surface area contributed by atoms with Crippen molar-refractivity contribution in [3.8, 4) is 0 Å². The molecule has 2 rings (SSSR count). The smallest absolute Gasteiger partial charge is 0.0829 e. The molecule has 0 aliphatic rings. The van der Waals surface area contributed by atoms with E-state index in [1.165, 1.54) is 21.3 Å². The number of likely N-dealkylation sites (N-methyl/N-ethyl adjacent to an activating group) is 1. The first-order valence-corrected chi connectivity index (χ1v) is 7.24. The van der Waals surface area contributed by atoms with E-state index in [0.29, 0.717) is 5.92 Å². The van der Waals surface area contributed by atoms with Crippen LogP contribution in [0.2, 0.25) is 0 Å². The highest BCUT2D eigenvalue weighted by molar-refractivity contribution is 7.09. The highest BCUT2D eigenvalue weighted by Gasteiger charge is 2.20. The Balaban J connectivity index is 2.20. The topological polar surface area (TPSA) is 50.7 Å². The zero-order valence-corrected chi connectivity index (χ0v) is 11.8. The summed E-state index contributed by atoms with van der Waals surface area (Å²) < 4.78 is 4.08. The highest BCUT2D eigenvalue weighted by atomic mass is 32.1. The summed E-state index contributed by atoms with van der Waals surface area (Å²) in [6, 6.07) is 0.285. The third-order valence-corrected chi connectivity index (χ3v) is 4.30. The summed E-state index contributed by atoms with van der Waals surface area (Å²) in [4.78, 5) is 6.64. The fourth-order valence-corrected chi connectivity index (χ4v) is 3.27. The fourth-order valence-electron chi connectivity index (χ4n) is 1.72. The van der Waals surface area contributed by atoms with E-state index in [-0.39, 0.29) is 6.04 Å². The molecule has 2 aromatic rings. The lowest BCUT2D eigenvalue weighted by Crippen LogP contribution is -2.19. The van der Waals surface area contributed by atoms with Crippen LogP contribution in [0.3, 0.4) is 0 Å². The first kappa shape index (κ1) is 12.6. The number of nitrogens with one attached hydrogen (secondary N) is 1. The number of hydrogen-bond donors (Lipinski definition) is 1. The van der Waals surface area contributed by atoms with E-state index >= 15 is 0 Å². The average Bonchev–Trinajstić information content (AvgIpc) is 2.96. The third kappa shape index (κ3) is 2.88. The Bertz CT molecular complexity index is 450. The molecule has 0 spiro atoms. The third-order valence-electron chi connectivity index (χ3n) is 2.64. The van der Waals surface area contributed by atoms with Crippen molar-refractivity contribution in [3.63, 3.8) is 0 Å². The maximum Gasteiger partial charge on any atom is 0.0829 e. The Morgan fingerprint density at radius 2 is 2.24 bits per heavy atom. The number of thiazole rings is 1. The van der Waals surface area contributed by atoms with Gasteiger partial charge in [0, 0.05) is 23.5 Å². The predicted molar refractivity (Wildman–Crippen MR) is 71.6 cm³/mol. The maximum atomic E-state index is 4.23. The Morgan fingerprint density at radius 1 is 1.41 bits per heavy atom. The summed E-state index contributed by atoms with van der Waals surface area (Å²) in [5.41, 5.74) is 2.98. The van der Waals surface area contributed by atoms with Crippen molar-refractivity contribution < 1.29 is 0 Å². The summed E-state index contributed by atoms with van der Waals surface area (Å²) in [7, 11) is 1.98. The van der Waals surface area contributed by atoms with E-state index in [1.54, 1.807) is 11.3 Å². The molecule has 0 aliphatic carbocycles. The van der Waals surface area contributed by atoms with Crippen LogP contribution in [-0.2, 0) is 6.42 Å². The summed E-state index contributed by atoms with van der Waals surface area (Å²) in [5, 5.41) is 7.58. The van der Waals surface area contributed by atoms with Gasteiger partial charge in [-0.3, -0.25) is 4.98 Å². The minimum atomic E-state index is 0.285. The van der Waals surface area contributed by atoms with Crippen molar-refractivity contribution >= 4 is 22.9 Å². The van der Waals surface area contributed by atoms with Gasteiger partial charge in [0.25, 0.3) is 0 Å². The van der Waals surface area contributed by atoms with Crippen LogP contribution in [-0.4, -0.2) is 21.6 Å². The zero-order valence-electron chi connectivity index (χ0n) is 10.2. The van der Waals surface area contributed by atoms with Gasteiger partial charge in [0.2, 0.25) is 0 Å². The van der Waals surface area contributed by atoms with Gasteiger partial charge in [-0.25, -0.2) is 0 Å². The molecule has 0 aromatic carbocycles. The highest BCUT2D eigenvalue weighted by Crippen LogP contribution is 2.28. The van der Waals surface area contributed by atoms with Gasteiger partial charge in [-0.1, -0.05) is 18.3 Å². The van der Waals surface area contributed by atoms with E-state index in [4.69, 9.17) is 0 Å². The second-order valence-electron chi connectivity index (χ2n) is 4.19. The molecular weight excluding hydrogens is 252 g/mol. The molecule has 1 unspecified atom stereocenters. The Hall–Kier alpha value is -0.850. The molecule has 2 heterocycles. The molecular formula is C11H16N4S2. The van der Waals surface area contributed by atoms with Crippen molar-refractivity contribution in [3.05, 3.63) is 27.2 Å². The molecule has 2 aromatic heterocycles. The van der Waals surface area contributed by atoms with Crippen LogP contribution in [0.4, 0.5) is 0 Å². The summed E-state index contributed by atoms with van der Waals surface area (Å²) in [6.45, 7) is 4.30. The number of hydrogen-bond acceptors (Lipinski definition) is 6. The molecule has 17 heavy (non-hydrogen) atoms. The summed E-state index contributed by atoms with van der Waals surface area (Å²) in [5.74, 6) is 0.418. The van der Waals surface area contributed by atoms with E-state index in [2.05, 4.69) is 33.7 Å². The van der Waals surface area contributed by atoms with E-state index in [0.717, 1.165) is 12.1 Å². The Kier molecular flexibility index (Phi) is 4.20. The first-order valence-electron chi connectivity index (χ1n) is 5.59. The predicted octanol–water partition coefficient (Wildman–Crippen LogP) is 2.62. The maximum absolute atomic E-state index is 4.23. The monoisotopic (exact) mass is 268 g/mol. The molecule has 0 radical (unpaired) electrons. The van der Waals surface area contributed by atoms with Gasteiger partial charge in [0.05, 0.1) is 16.1 Å². The molecule has 6 heteroatoms. The van der Waals surface area contributed by atoms with Gasteiger partial charge in [-0.15, -0.1) is 16.4 Å². The van der Waals surface area contributed by atoms with Crippen molar-refractivity contribution in [2.75, 3.05) is 7.05 Å². The van der Waals surface area contributed by atoms with E-state index < -0.39 is 0 Å². The molecule has 1 atom stereocenters. The largest absolute Gasteiger partial charge is 0.312 e. The van der Waals surface area contributed by atoms with Crippen LogP contribution in [0.5, 0.6) is 0 Å². The molecule has 0 aliphatic heterocycles. The molecule has 0 saturated carbocycles. The standard InChI is InChI=1S/C11H16N4S2/c1-7(2)10-11(17-15-14-10)9(12-3)4-8-5-13-6-16-8/h5-7,9,12H,4H2,1-3H3. The molecule has 0 bridgehead atoms. The number of rotatable bonds is 5. The normalized spacial score (nSPS) is 13.2. The van der Waals surface area contributed by atoms with Crippen molar-refractivity contribution in [1.29, 1.82) is 0 Å². The van der Waals surface area contributed by atoms with Gasteiger partial charge in [-0.05, 0) is 24.5 Å². The lowest BCUT2D eigenvalue weighted by molar-refractivity contribution is 0.593. The van der Waals surface area contributed by atoms with Crippen LogP contribution in [0.1, 0.15) is 41.3 Å². The van der Waals surface area contributed by atoms with Crippen LogP contribution >= 0.6 is 22.9 Å². The lowest BCUT2D eigenvalue weighted by atomic mass is 10.0.